The van der Waals surface area contributed by atoms with Crippen molar-refractivity contribution < 1.29 is 17.9 Å². The topological polar surface area (TPSA) is 84.5 Å². The van der Waals surface area contributed by atoms with Crippen molar-refractivity contribution >= 4 is 15.9 Å². The van der Waals surface area contributed by atoms with Crippen LogP contribution in [-0.2, 0) is 27.8 Å². The number of aryl methyl sites for hydroxylation is 1. The van der Waals surface area contributed by atoms with Crippen LogP contribution >= 0.6 is 0 Å². The van der Waals surface area contributed by atoms with Crippen LogP contribution in [0.2, 0.25) is 0 Å². The molecule has 0 fully saturated rings. The van der Waals surface area contributed by atoms with E-state index in [0.29, 0.717) is 25.9 Å². The van der Waals surface area contributed by atoms with Gasteiger partial charge in [-0.25, -0.2) is 13.1 Å². The number of carbonyl (C=O) groups is 1. The predicted molar refractivity (Wildman–Crippen MR) is 110 cm³/mol. The maximum Gasteiger partial charge on any atom is 0.240 e. The van der Waals surface area contributed by atoms with Gasteiger partial charge in [0.2, 0.25) is 15.9 Å². The Labute approximate surface area is 167 Å². The first-order valence-electron chi connectivity index (χ1n) is 9.28. The second-order valence-electron chi connectivity index (χ2n) is 7.01. The van der Waals surface area contributed by atoms with Gasteiger partial charge in [0.05, 0.1) is 12.0 Å². The average Bonchev–Trinajstić information content (AvgIpc) is 2.70. The van der Waals surface area contributed by atoms with E-state index in [1.165, 1.54) is 0 Å². The summed E-state index contributed by atoms with van der Waals surface area (Å²) in [4.78, 5) is 12.3. The third kappa shape index (κ3) is 6.98. The highest BCUT2D eigenvalue weighted by Crippen LogP contribution is 2.13. The van der Waals surface area contributed by atoms with Gasteiger partial charge in [0.25, 0.3) is 0 Å². The van der Waals surface area contributed by atoms with Gasteiger partial charge in [-0.15, -0.1) is 0 Å². The number of hydrogen-bond donors (Lipinski definition) is 2. The fourth-order valence-corrected chi connectivity index (χ4v) is 3.70. The number of nitrogens with one attached hydrogen (secondary N) is 2. The van der Waals surface area contributed by atoms with Gasteiger partial charge < -0.3 is 10.1 Å². The van der Waals surface area contributed by atoms with Gasteiger partial charge in [0, 0.05) is 19.5 Å². The summed E-state index contributed by atoms with van der Waals surface area (Å²) in [5.74, 6) is 0.969. The van der Waals surface area contributed by atoms with E-state index < -0.39 is 10.0 Å². The molecule has 2 rings (SSSR count). The molecule has 0 atom stereocenters. The summed E-state index contributed by atoms with van der Waals surface area (Å²) < 4.78 is 32.1. The maximum atomic E-state index is 12.2. The number of methoxy groups -OCH3 is 1. The average molecular weight is 405 g/mol. The largest absolute Gasteiger partial charge is 0.497 e. The second kappa shape index (κ2) is 10.2. The number of ether oxygens (including phenoxy) is 1. The minimum Gasteiger partial charge on any atom is -0.497 e. The van der Waals surface area contributed by atoms with Crippen LogP contribution in [0.25, 0.3) is 0 Å². The maximum absolute atomic E-state index is 12.2. The van der Waals surface area contributed by atoms with E-state index in [2.05, 4.69) is 10.0 Å². The lowest BCUT2D eigenvalue weighted by Crippen LogP contribution is -2.27. The molecular formula is C21H28N2O4S. The van der Waals surface area contributed by atoms with E-state index in [9.17, 15) is 13.2 Å². The highest BCUT2D eigenvalue weighted by atomic mass is 32.2. The number of amides is 1. The van der Waals surface area contributed by atoms with Gasteiger partial charge in [0.15, 0.2) is 0 Å². The lowest BCUT2D eigenvalue weighted by atomic mass is 10.1. The molecule has 2 aromatic carbocycles. The van der Waals surface area contributed by atoms with Crippen LogP contribution in [-0.4, -0.2) is 28.0 Å². The van der Waals surface area contributed by atoms with Crippen molar-refractivity contribution in [1.29, 1.82) is 0 Å². The fraction of sp³-hybridized carbons (Fsp3) is 0.381. The Morgan fingerprint density at radius 2 is 1.61 bits per heavy atom. The zero-order valence-corrected chi connectivity index (χ0v) is 17.4. The molecule has 0 aliphatic carbocycles. The summed E-state index contributed by atoms with van der Waals surface area (Å²) in [6.07, 6.45) is 0.891. The van der Waals surface area contributed by atoms with E-state index in [0.717, 1.165) is 16.9 Å². The van der Waals surface area contributed by atoms with Crippen LogP contribution in [0.1, 0.15) is 31.4 Å². The molecule has 0 saturated heterocycles. The minimum atomic E-state index is -3.49. The highest BCUT2D eigenvalue weighted by Gasteiger charge is 2.14. The lowest BCUT2D eigenvalue weighted by Gasteiger charge is -2.10. The van der Waals surface area contributed by atoms with Gasteiger partial charge in [-0.05, 0) is 47.7 Å². The van der Waals surface area contributed by atoms with Gasteiger partial charge in [-0.2, -0.15) is 0 Å². The van der Waals surface area contributed by atoms with Gasteiger partial charge in [-0.3, -0.25) is 4.79 Å². The molecule has 0 aliphatic heterocycles. The van der Waals surface area contributed by atoms with Crippen molar-refractivity contribution in [3.8, 4) is 5.75 Å². The minimum absolute atomic E-state index is 0.0499. The van der Waals surface area contributed by atoms with Gasteiger partial charge in [-0.1, -0.05) is 38.1 Å². The number of rotatable bonds is 10. The zero-order chi connectivity index (χ0) is 20.6. The number of benzene rings is 2. The van der Waals surface area contributed by atoms with Crippen LogP contribution in [0, 0.1) is 5.92 Å². The Morgan fingerprint density at radius 1 is 1.00 bits per heavy atom. The second-order valence-corrected chi connectivity index (χ2v) is 8.78. The summed E-state index contributed by atoms with van der Waals surface area (Å²) in [5, 5.41) is 2.88. The SMILES string of the molecule is COc1ccc(CNC(=O)CCc2ccc(S(=O)(=O)NCC(C)C)cc2)cc1. The third-order valence-electron chi connectivity index (χ3n) is 4.20. The van der Waals surface area contributed by atoms with Crippen LogP contribution in [0.3, 0.4) is 0 Å². The number of carbonyl (C=O) groups excluding carboxylic acids is 1. The molecule has 0 unspecified atom stereocenters. The summed E-state index contributed by atoms with van der Waals surface area (Å²) in [5.41, 5.74) is 1.92. The lowest BCUT2D eigenvalue weighted by molar-refractivity contribution is -0.121. The zero-order valence-electron chi connectivity index (χ0n) is 16.6. The van der Waals surface area contributed by atoms with E-state index in [4.69, 9.17) is 4.74 Å². The van der Waals surface area contributed by atoms with Crippen molar-refractivity contribution in [1.82, 2.24) is 10.0 Å². The Balaban J connectivity index is 1.81. The highest BCUT2D eigenvalue weighted by molar-refractivity contribution is 7.89. The monoisotopic (exact) mass is 404 g/mol. The molecule has 0 radical (unpaired) electrons. The first-order valence-corrected chi connectivity index (χ1v) is 10.8. The fourth-order valence-electron chi connectivity index (χ4n) is 2.49. The van der Waals surface area contributed by atoms with Crippen LogP contribution < -0.4 is 14.8 Å². The molecule has 0 aliphatic rings. The van der Waals surface area contributed by atoms with Gasteiger partial charge in [0.1, 0.15) is 5.75 Å². The van der Waals surface area contributed by atoms with Gasteiger partial charge >= 0.3 is 0 Å². The first kappa shape index (κ1) is 21.9. The van der Waals surface area contributed by atoms with E-state index in [1.807, 2.05) is 38.1 Å². The predicted octanol–water partition coefficient (Wildman–Crippen LogP) is 2.88. The molecular weight excluding hydrogens is 376 g/mol. The van der Waals surface area contributed by atoms with Crippen molar-refractivity contribution in [2.45, 2.75) is 38.1 Å². The van der Waals surface area contributed by atoms with Crippen molar-refractivity contribution in [3.63, 3.8) is 0 Å². The van der Waals surface area contributed by atoms with Crippen LogP contribution in [0.5, 0.6) is 5.75 Å². The van der Waals surface area contributed by atoms with Crippen molar-refractivity contribution in [3.05, 3.63) is 59.7 Å². The molecule has 0 bridgehead atoms. The molecule has 1 amide bonds. The smallest absolute Gasteiger partial charge is 0.240 e. The summed E-state index contributed by atoms with van der Waals surface area (Å²) in [7, 11) is -1.87. The number of hydrogen-bond acceptors (Lipinski definition) is 4. The molecule has 0 spiro atoms. The van der Waals surface area contributed by atoms with Crippen LogP contribution in [0.4, 0.5) is 0 Å². The molecule has 7 heteroatoms. The summed E-state index contributed by atoms with van der Waals surface area (Å²) >= 11 is 0. The van der Waals surface area contributed by atoms with Crippen molar-refractivity contribution in [2.24, 2.45) is 5.92 Å². The van der Waals surface area contributed by atoms with E-state index >= 15 is 0 Å². The Morgan fingerprint density at radius 3 is 2.18 bits per heavy atom. The quantitative estimate of drug-likeness (QED) is 0.638. The molecule has 152 valence electrons. The van der Waals surface area contributed by atoms with E-state index in [1.54, 1.807) is 31.4 Å². The molecule has 2 N–H and O–H groups in total. The third-order valence-corrected chi connectivity index (χ3v) is 5.64. The first-order chi connectivity index (χ1) is 13.3. The molecule has 2 aromatic rings. The molecule has 28 heavy (non-hydrogen) atoms. The summed E-state index contributed by atoms with van der Waals surface area (Å²) in [6, 6.07) is 14.2. The molecule has 0 saturated carbocycles. The molecule has 0 heterocycles. The van der Waals surface area contributed by atoms with E-state index in [-0.39, 0.29) is 16.7 Å². The molecule has 6 nitrogen and oxygen atoms in total. The standard InChI is InChI=1S/C21H28N2O4S/c1-16(2)14-23-28(25,26)20-11-6-17(7-12-20)8-13-21(24)22-15-18-4-9-19(27-3)10-5-18/h4-7,9-12,16,23H,8,13-15H2,1-3H3,(H,22,24). The Hall–Kier alpha value is -2.38. The normalized spacial score (nSPS) is 11.4. The van der Waals surface area contributed by atoms with Crippen LogP contribution in [0.15, 0.2) is 53.4 Å². The van der Waals surface area contributed by atoms with Crippen molar-refractivity contribution in [2.75, 3.05) is 13.7 Å². The Bertz CT molecular complexity index is 860. The number of sulfonamides is 1. The summed E-state index contributed by atoms with van der Waals surface area (Å²) in [6.45, 7) is 4.76. The Kier molecular flexibility index (Phi) is 8.02. The molecule has 0 aromatic heterocycles.